The summed E-state index contributed by atoms with van der Waals surface area (Å²) in [5, 5.41) is 9.29. The number of carbonyl (C=O) groups excluding carboxylic acids is 1. The van der Waals surface area contributed by atoms with Gasteiger partial charge in [-0.1, -0.05) is 17.7 Å². The fraction of sp³-hybridized carbons (Fsp3) is 0.588. The first-order valence-corrected chi connectivity index (χ1v) is 19.7. The van der Waals surface area contributed by atoms with E-state index in [1.54, 1.807) is 7.11 Å². The summed E-state index contributed by atoms with van der Waals surface area (Å²) in [4.78, 5) is 25.2. The number of carbonyl (C=O) groups is 1. The molecule has 2 aliphatic heterocycles. The van der Waals surface area contributed by atoms with Gasteiger partial charge in [0.1, 0.15) is 23.7 Å². The Morgan fingerprint density at radius 2 is 1.83 bits per heavy atom. The molecule has 4 aromatic rings. The van der Waals surface area contributed by atoms with Crippen LogP contribution in [0.4, 0.5) is 10.6 Å². The number of aromatic nitrogens is 5. The molecule has 0 spiro atoms. The third kappa shape index (κ3) is 7.66. The molecule has 3 aromatic heterocycles. The molecular formula is C34H48ClN7O4S. The molecule has 2 saturated heterocycles. The van der Waals surface area contributed by atoms with Crippen LogP contribution in [-0.2, 0) is 27.5 Å². The zero-order valence-electron chi connectivity index (χ0n) is 28.6. The Labute approximate surface area is 283 Å². The number of ether oxygens (including phenoxy) is 3. The van der Waals surface area contributed by atoms with E-state index in [4.69, 9.17) is 35.8 Å². The van der Waals surface area contributed by atoms with Gasteiger partial charge in [-0.25, -0.2) is 24.8 Å². The Hall–Kier alpha value is -3.06. The lowest BCUT2D eigenvalue weighted by atomic mass is 9.97. The largest absolute Gasteiger partial charge is 0.444 e. The van der Waals surface area contributed by atoms with E-state index in [-0.39, 0.29) is 24.2 Å². The summed E-state index contributed by atoms with van der Waals surface area (Å²) in [5.74, 6) is 1.88. The zero-order chi connectivity index (χ0) is 33.5. The molecule has 47 heavy (non-hydrogen) atoms. The van der Waals surface area contributed by atoms with Gasteiger partial charge in [-0.2, -0.15) is 5.10 Å². The molecule has 11 nitrogen and oxygen atoms in total. The second-order valence-electron chi connectivity index (χ2n) is 14.6. The number of benzene rings is 1. The Balaban J connectivity index is 1.30. The smallest absolute Gasteiger partial charge is 0.407 e. The Morgan fingerprint density at radius 1 is 1.09 bits per heavy atom. The highest BCUT2D eigenvalue weighted by atomic mass is 35.5. The van der Waals surface area contributed by atoms with Gasteiger partial charge in [-0.15, -0.1) is 0 Å². The van der Waals surface area contributed by atoms with Crippen molar-refractivity contribution in [2.24, 2.45) is 0 Å². The Kier molecular flexibility index (Phi) is 9.68. The normalized spacial score (nSPS) is 20.3. The van der Waals surface area contributed by atoms with E-state index >= 15 is 0 Å². The van der Waals surface area contributed by atoms with Crippen LogP contribution >= 0.6 is 21.6 Å². The van der Waals surface area contributed by atoms with Crippen LogP contribution in [-0.4, -0.2) is 99.0 Å². The molecule has 256 valence electrons. The van der Waals surface area contributed by atoms with Crippen molar-refractivity contribution in [1.29, 1.82) is 0 Å². The van der Waals surface area contributed by atoms with Gasteiger partial charge in [-0.05, 0) is 71.3 Å². The van der Waals surface area contributed by atoms with Gasteiger partial charge in [0.2, 0.25) is 0 Å². The quantitative estimate of drug-likeness (QED) is 0.180. The molecule has 1 aromatic carbocycles. The fourth-order valence-electron chi connectivity index (χ4n) is 6.69. The van der Waals surface area contributed by atoms with Crippen molar-refractivity contribution in [3.05, 3.63) is 35.7 Å². The second-order valence-corrected chi connectivity index (χ2v) is 19.6. The number of nitrogens with one attached hydrogen (secondary N) is 1. The third-order valence-corrected chi connectivity index (χ3v) is 10.6. The van der Waals surface area contributed by atoms with Crippen LogP contribution < -0.4 is 10.2 Å². The molecule has 2 aliphatic rings. The van der Waals surface area contributed by atoms with Crippen LogP contribution in [0.5, 0.6) is 0 Å². The van der Waals surface area contributed by atoms with E-state index in [9.17, 15) is 4.79 Å². The van der Waals surface area contributed by atoms with Crippen molar-refractivity contribution < 1.29 is 19.0 Å². The number of halogens is 1. The SMILES string of the molecule is COCCn1cc2c(Cl)c(-c3cn(COCCS(C)(C)C)c4nc(N5[C@@H]6CC[C@H]5CC(NC(=O)OC(C)(C)C)C6)cnc34)ccc2n1. The second kappa shape index (κ2) is 13.4. The van der Waals surface area contributed by atoms with Gasteiger partial charge in [-0.3, -0.25) is 4.68 Å². The van der Waals surface area contributed by atoms with E-state index in [0.29, 0.717) is 31.5 Å². The first kappa shape index (κ1) is 33.8. The number of fused-ring (bicyclic) bond motifs is 4. The number of piperidine rings is 1. The van der Waals surface area contributed by atoms with Crippen molar-refractivity contribution >= 4 is 55.6 Å². The van der Waals surface area contributed by atoms with Crippen LogP contribution in [0.1, 0.15) is 46.5 Å². The topological polar surface area (TPSA) is 109 Å². The van der Waals surface area contributed by atoms with E-state index in [1.165, 1.54) is 0 Å². The number of hydrogen-bond donors (Lipinski definition) is 1. The highest BCUT2D eigenvalue weighted by Crippen LogP contribution is 2.41. The summed E-state index contributed by atoms with van der Waals surface area (Å²) < 4.78 is 20.9. The highest BCUT2D eigenvalue weighted by Gasteiger charge is 2.42. The first-order chi connectivity index (χ1) is 22.3. The summed E-state index contributed by atoms with van der Waals surface area (Å²) in [7, 11) is 1.01. The summed E-state index contributed by atoms with van der Waals surface area (Å²) in [6.45, 7) is 7.92. The fourth-order valence-corrected chi connectivity index (χ4v) is 7.62. The van der Waals surface area contributed by atoms with Crippen molar-refractivity contribution in [2.45, 2.75) is 83.5 Å². The number of hydrogen-bond acceptors (Lipinski definition) is 8. The van der Waals surface area contributed by atoms with E-state index in [2.05, 4.69) is 44.8 Å². The Morgan fingerprint density at radius 3 is 2.51 bits per heavy atom. The maximum absolute atomic E-state index is 12.5. The maximum Gasteiger partial charge on any atom is 0.407 e. The lowest BCUT2D eigenvalue weighted by Crippen LogP contribution is -2.51. The highest BCUT2D eigenvalue weighted by molar-refractivity contribution is 8.32. The molecular weight excluding hydrogens is 638 g/mol. The van der Waals surface area contributed by atoms with E-state index in [1.807, 2.05) is 50.0 Å². The number of methoxy groups -OCH3 is 1. The summed E-state index contributed by atoms with van der Waals surface area (Å²) >= 11 is 7.08. The maximum atomic E-state index is 12.5. The average Bonchev–Trinajstić information content (AvgIpc) is 3.64. The van der Waals surface area contributed by atoms with E-state index in [0.717, 1.165) is 70.4 Å². The lowest BCUT2D eigenvalue weighted by molar-refractivity contribution is 0.0492. The molecule has 2 bridgehead atoms. The van der Waals surface area contributed by atoms with Crippen LogP contribution in [0.3, 0.4) is 0 Å². The predicted octanol–water partition coefficient (Wildman–Crippen LogP) is 6.44. The third-order valence-electron chi connectivity index (χ3n) is 8.83. The van der Waals surface area contributed by atoms with Crippen molar-refractivity contribution in [3.63, 3.8) is 0 Å². The molecule has 1 N–H and O–H groups in total. The van der Waals surface area contributed by atoms with Gasteiger partial charge in [0.05, 0.1) is 36.5 Å². The minimum absolute atomic E-state index is 0.0695. The standard InChI is InChI=1S/C34H48ClN7O4S/c1-34(2,3)46-33(43)37-22-16-23-8-9-24(17-22)42(23)29-18-36-31-26(19-40(32(31)38-29)21-45-14-15-47(5,6)7)25-10-11-28-27(30(25)35)20-41(39-28)12-13-44-4/h10-11,18-20,22-24H,8-9,12-17,21H2,1-7H3,(H,37,43)/t22?,23-,24+. The molecule has 0 saturated carbocycles. The van der Waals surface area contributed by atoms with Crippen LogP contribution in [0, 0.1) is 0 Å². The summed E-state index contributed by atoms with van der Waals surface area (Å²) in [6, 6.07) is 4.61. The van der Waals surface area contributed by atoms with Gasteiger partial charge < -0.3 is 29.0 Å². The molecule has 2 fully saturated rings. The van der Waals surface area contributed by atoms with Crippen LogP contribution in [0.15, 0.2) is 30.7 Å². The molecule has 13 heteroatoms. The molecule has 5 heterocycles. The number of rotatable bonds is 11. The number of nitrogens with zero attached hydrogens (tertiary/aromatic N) is 6. The van der Waals surface area contributed by atoms with Crippen LogP contribution in [0.25, 0.3) is 33.2 Å². The van der Waals surface area contributed by atoms with Crippen molar-refractivity contribution in [1.82, 2.24) is 29.6 Å². The summed E-state index contributed by atoms with van der Waals surface area (Å²) in [5.41, 5.74) is 3.64. The number of alkyl carbamates (subject to hydrolysis) is 1. The number of amides is 1. The van der Waals surface area contributed by atoms with Crippen LogP contribution in [0.2, 0.25) is 5.02 Å². The van der Waals surface area contributed by atoms with Gasteiger partial charge in [0.25, 0.3) is 0 Å². The zero-order valence-corrected chi connectivity index (χ0v) is 30.2. The molecule has 3 atom stereocenters. The van der Waals surface area contributed by atoms with Gasteiger partial charge in [0, 0.05) is 59.9 Å². The first-order valence-electron chi connectivity index (χ1n) is 16.3. The molecule has 6 rings (SSSR count). The van der Waals surface area contributed by atoms with E-state index < -0.39 is 15.6 Å². The minimum Gasteiger partial charge on any atom is -0.444 e. The molecule has 0 aliphatic carbocycles. The molecule has 0 radical (unpaired) electrons. The van der Waals surface area contributed by atoms with Crippen molar-refractivity contribution in [3.8, 4) is 11.1 Å². The summed E-state index contributed by atoms with van der Waals surface area (Å²) in [6.07, 6.45) is 16.3. The van der Waals surface area contributed by atoms with Gasteiger partial charge >= 0.3 is 6.09 Å². The predicted molar refractivity (Wildman–Crippen MR) is 191 cm³/mol. The Bertz CT molecular complexity index is 1730. The molecule has 1 unspecified atom stereocenters. The lowest BCUT2D eigenvalue weighted by Gasteiger charge is -2.39. The molecule has 1 amide bonds. The van der Waals surface area contributed by atoms with Crippen molar-refractivity contribution in [2.75, 3.05) is 49.7 Å². The van der Waals surface area contributed by atoms with Gasteiger partial charge in [0.15, 0.2) is 5.65 Å². The minimum atomic E-state index is -0.673. The number of anilines is 1. The monoisotopic (exact) mass is 685 g/mol. The average molecular weight is 686 g/mol.